The number of ether oxygens (including phenoxy) is 1. The second-order valence-corrected chi connectivity index (χ2v) is 12.5. The smallest absolute Gasteiger partial charge is 0.339 e. The van der Waals surface area contributed by atoms with E-state index in [0.29, 0.717) is 11.1 Å². The zero-order chi connectivity index (χ0) is 38.5. The van der Waals surface area contributed by atoms with Gasteiger partial charge in [-0.15, -0.1) is 0 Å². The molecule has 1 unspecified atom stereocenters. The maximum Gasteiger partial charge on any atom is 0.339 e. The molecule has 0 saturated heterocycles. The number of aryl methyl sites for hydroxylation is 2. The normalized spacial score (nSPS) is 13.9. The molecule has 1 aromatic rings. The Morgan fingerprint density at radius 3 is 1.58 bits per heavy atom. The maximum absolute atomic E-state index is 13.2. The highest BCUT2D eigenvalue weighted by molar-refractivity contribution is 5.99. The molecule has 0 radical (unpaired) electrons. The number of rotatable bonds is 19. The SMILES string of the molecule is CC(=O)N[C@H](C(=O)N[C@@H](CC(=O)O)C(=O)NC(C(=O)N[C@@H](C)C(=O)N[C@@H](CC(=O)O)C(=O)COC(=O)c1c(C)cccc1C)C(C)C)C(C)C. The number of carbonyl (C=O) groups excluding carboxylic acids is 7. The third-order valence-electron chi connectivity index (χ3n) is 7.43. The van der Waals surface area contributed by atoms with Crippen LogP contribution in [0, 0.1) is 25.7 Å². The molecule has 5 amide bonds. The van der Waals surface area contributed by atoms with Crippen molar-refractivity contribution in [2.45, 2.75) is 98.4 Å². The van der Waals surface area contributed by atoms with Gasteiger partial charge in [0.15, 0.2) is 12.4 Å². The minimum absolute atomic E-state index is 0.239. The molecule has 0 aliphatic rings. The van der Waals surface area contributed by atoms with Gasteiger partial charge in [-0.1, -0.05) is 45.9 Å². The highest BCUT2D eigenvalue weighted by Gasteiger charge is 2.34. The summed E-state index contributed by atoms with van der Waals surface area (Å²) in [7, 11) is 0. The van der Waals surface area contributed by atoms with Crippen LogP contribution in [0.3, 0.4) is 0 Å². The van der Waals surface area contributed by atoms with Crippen molar-refractivity contribution in [2.75, 3.05) is 6.61 Å². The molecule has 0 aromatic heterocycles. The van der Waals surface area contributed by atoms with Crippen molar-refractivity contribution < 1.29 is 58.1 Å². The lowest BCUT2D eigenvalue weighted by molar-refractivity contribution is -0.142. The van der Waals surface area contributed by atoms with Crippen LogP contribution < -0.4 is 26.6 Å². The van der Waals surface area contributed by atoms with E-state index in [2.05, 4.69) is 26.6 Å². The summed E-state index contributed by atoms with van der Waals surface area (Å²) in [6.07, 6.45) is -1.71. The summed E-state index contributed by atoms with van der Waals surface area (Å²) in [6, 6.07) is -1.99. The van der Waals surface area contributed by atoms with E-state index < -0.39 is 115 Å². The molecular formula is C33H47N5O12. The first-order valence-corrected chi connectivity index (χ1v) is 15.8. The number of benzene rings is 1. The molecule has 0 aliphatic heterocycles. The first kappa shape index (κ1) is 42.7. The lowest BCUT2D eigenvalue weighted by Crippen LogP contribution is -2.60. The maximum atomic E-state index is 13.2. The third-order valence-corrected chi connectivity index (χ3v) is 7.43. The van der Waals surface area contributed by atoms with Crippen molar-refractivity contribution in [3.8, 4) is 0 Å². The van der Waals surface area contributed by atoms with Gasteiger partial charge in [0, 0.05) is 6.92 Å². The molecule has 0 bridgehead atoms. The van der Waals surface area contributed by atoms with Gasteiger partial charge in [-0.2, -0.15) is 0 Å². The van der Waals surface area contributed by atoms with Gasteiger partial charge in [-0.3, -0.25) is 38.4 Å². The van der Waals surface area contributed by atoms with Crippen molar-refractivity contribution >= 4 is 53.2 Å². The number of Topliss-reactive ketones (excluding diaryl/α,β-unsaturated/α-hetero) is 1. The summed E-state index contributed by atoms with van der Waals surface area (Å²) in [4.78, 5) is 112. The Labute approximate surface area is 289 Å². The van der Waals surface area contributed by atoms with Crippen LogP contribution in [0.2, 0.25) is 0 Å². The minimum atomic E-state index is -1.64. The van der Waals surface area contributed by atoms with Gasteiger partial charge >= 0.3 is 17.9 Å². The van der Waals surface area contributed by atoms with E-state index in [1.165, 1.54) is 13.8 Å². The first-order chi connectivity index (χ1) is 23.2. The Morgan fingerprint density at radius 1 is 0.640 bits per heavy atom. The van der Waals surface area contributed by atoms with Crippen molar-refractivity contribution in [3.63, 3.8) is 0 Å². The number of esters is 1. The molecule has 0 fully saturated rings. The number of ketones is 1. The summed E-state index contributed by atoms with van der Waals surface area (Å²) in [6.45, 7) is 11.3. The van der Waals surface area contributed by atoms with E-state index >= 15 is 0 Å². The van der Waals surface area contributed by atoms with Gasteiger partial charge in [0.2, 0.25) is 29.5 Å². The number of nitrogens with one attached hydrogen (secondary N) is 5. The van der Waals surface area contributed by atoms with Crippen LogP contribution in [0.15, 0.2) is 18.2 Å². The quantitative estimate of drug-likeness (QED) is 0.0920. The molecule has 5 atom stereocenters. The summed E-state index contributed by atoms with van der Waals surface area (Å²) >= 11 is 0. The minimum Gasteiger partial charge on any atom is -0.481 e. The fourth-order valence-corrected chi connectivity index (χ4v) is 4.72. The van der Waals surface area contributed by atoms with Gasteiger partial charge in [0.25, 0.3) is 0 Å². The molecule has 0 saturated carbocycles. The van der Waals surface area contributed by atoms with Gasteiger partial charge in [-0.05, 0) is 43.7 Å². The fourth-order valence-electron chi connectivity index (χ4n) is 4.72. The number of carbonyl (C=O) groups is 9. The van der Waals surface area contributed by atoms with Gasteiger partial charge in [-0.25, -0.2) is 4.79 Å². The molecule has 50 heavy (non-hydrogen) atoms. The standard InChI is InChI=1S/C33H47N5O12/c1-15(2)27(35-20(8)39)32(48)37-22(13-25(43)44)30(46)38-28(16(3)4)31(47)34-19(7)29(45)36-21(12-24(41)42)23(40)14-50-33(49)26-17(5)10-9-11-18(26)6/h9-11,15-16,19,21-22,27-28H,12-14H2,1-8H3,(H,34,47)(H,35,39)(H,36,45)(H,37,48)(H,38,46)(H,41,42)(H,43,44)/t19-,21-,22-,27-,28?/m0/s1. The number of amides is 5. The largest absolute Gasteiger partial charge is 0.481 e. The van der Waals surface area contributed by atoms with Crippen LogP contribution in [0.5, 0.6) is 0 Å². The molecule has 7 N–H and O–H groups in total. The number of carboxylic acid groups (broad SMARTS) is 2. The van der Waals surface area contributed by atoms with Crippen LogP contribution in [-0.4, -0.2) is 100 Å². The van der Waals surface area contributed by atoms with Crippen molar-refractivity contribution in [1.29, 1.82) is 0 Å². The molecule has 1 aromatic carbocycles. The van der Waals surface area contributed by atoms with E-state index in [1.807, 2.05) is 0 Å². The number of hydrogen-bond acceptors (Lipinski definition) is 10. The molecule has 17 heteroatoms. The second-order valence-electron chi connectivity index (χ2n) is 12.5. The number of hydrogen-bond donors (Lipinski definition) is 7. The van der Waals surface area contributed by atoms with Crippen molar-refractivity contribution in [2.24, 2.45) is 11.8 Å². The Bertz CT molecular complexity index is 1450. The Kier molecular flexibility index (Phi) is 16.7. The van der Waals surface area contributed by atoms with Crippen molar-refractivity contribution in [3.05, 3.63) is 34.9 Å². The number of carboxylic acids is 2. The zero-order valence-corrected chi connectivity index (χ0v) is 29.4. The first-order valence-electron chi connectivity index (χ1n) is 15.8. The fraction of sp³-hybridized carbons (Fsp3) is 0.545. The van der Waals surface area contributed by atoms with Gasteiger partial charge < -0.3 is 41.5 Å². The van der Waals surface area contributed by atoms with Crippen LogP contribution >= 0.6 is 0 Å². The third kappa shape index (κ3) is 13.6. The molecule has 0 heterocycles. The Balaban J connectivity index is 3.02. The van der Waals surface area contributed by atoms with Crippen LogP contribution in [0.1, 0.15) is 75.9 Å². The average Bonchev–Trinajstić information content (AvgIpc) is 2.99. The van der Waals surface area contributed by atoms with Crippen LogP contribution in [0.4, 0.5) is 0 Å². The van der Waals surface area contributed by atoms with E-state index in [1.54, 1.807) is 59.7 Å². The lowest BCUT2D eigenvalue weighted by Gasteiger charge is -2.28. The van der Waals surface area contributed by atoms with E-state index in [-0.39, 0.29) is 5.56 Å². The summed E-state index contributed by atoms with van der Waals surface area (Å²) < 4.78 is 5.10. The molecule has 17 nitrogen and oxygen atoms in total. The average molecular weight is 706 g/mol. The molecular weight excluding hydrogens is 658 g/mol. The molecule has 0 spiro atoms. The molecule has 276 valence electrons. The predicted molar refractivity (Wildman–Crippen MR) is 176 cm³/mol. The van der Waals surface area contributed by atoms with E-state index in [0.717, 1.165) is 0 Å². The van der Waals surface area contributed by atoms with Crippen LogP contribution in [0.25, 0.3) is 0 Å². The van der Waals surface area contributed by atoms with Gasteiger partial charge in [0.05, 0.1) is 18.4 Å². The topological polar surface area (TPSA) is 263 Å². The van der Waals surface area contributed by atoms with Crippen LogP contribution in [-0.2, 0) is 43.1 Å². The Morgan fingerprint density at radius 2 is 1.10 bits per heavy atom. The highest BCUT2D eigenvalue weighted by atomic mass is 16.5. The highest BCUT2D eigenvalue weighted by Crippen LogP contribution is 2.15. The van der Waals surface area contributed by atoms with Gasteiger partial charge in [0.1, 0.15) is 30.2 Å². The molecule has 0 aliphatic carbocycles. The second kappa shape index (κ2) is 19.6. The summed E-state index contributed by atoms with van der Waals surface area (Å²) in [5.41, 5.74) is 1.44. The summed E-state index contributed by atoms with van der Waals surface area (Å²) in [5, 5.41) is 30.4. The molecule has 1 rings (SSSR count). The van der Waals surface area contributed by atoms with Crippen molar-refractivity contribution in [1.82, 2.24) is 26.6 Å². The van der Waals surface area contributed by atoms with E-state index in [9.17, 15) is 53.4 Å². The predicted octanol–water partition coefficient (Wildman–Crippen LogP) is -0.245. The zero-order valence-electron chi connectivity index (χ0n) is 29.4. The monoisotopic (exact) mass is 705 g/mol. The summed E-state index contributed by atoms with van der Waals surface area (Å²) in [5.74, 6) is -9.88. The Hall–Kier alpha value is -5.35. The number of aliphatic carboxylic acids is 2. The van der Waals surface area contributed by atoms with E-state index in [4.69, 9.17) is 4.74 Å². The lowest BCUT2D eigenvalue weighted by atomic mass is 10.0.